The van der Waals surface area contributed by atoms with Gasteiger partial charge in [-0.1, -0.05) is 69.3 Å². The molecule has 5 rings (SSSR count). The zero-order chi connectivity index (χ0) is 29.6. The van der Waals surface area contributed by atoms with Gasteiger partial charge < -0.3 is 17.3 Å². The van der Waals surface area contributed by atoms with Crippen LogP contribution in [0.25, 0.3) is 21.5 Å². The number of hydrogen-bond acceptors (Lipinski definition) is 2. The van der Waals surface area contributed by atoms with E-state index in [2.05, 4.69) is 118 Å². The van der Waals surface area contributed by atoms with E-state index in [0.717, 1.165) is 13.1 Å². The second kappa shape index (κ2) is 15.3. The molecule has 3 aromatic rings. The fraction of sp³-hybridized carbons (Fsp3) is 0.355. The SMILES string of the molecule is CN1CCCN(Cc2c3ccccc3cc3ccccc23)CC1.C[C]1[CH][CH][C](C(C)C)[CH][CH]1.F[P-](F)(F)(F)(F)F.[Cl-].[Ru+3]. The van der Waals surface area contributed by atoms with Crippen molar-refractivity contribution >= 4 is 29.4 Å². The summed E-state index contributed by atoms with van der Waals surface area (Å²) in [6.45, 7) is 12.3. The van der Waals surface area contributed by atoms with Crippen molar-refractivity contribution in [3.8, 4) is 0 Å². The van der Waals surface area contributed by atoms with Gasteiger partial charge in [0.25, 0.3) is 0 Å². The van der Waals surface area contributed by atoms with Gasteiger partial charge in [-0.3, -0.25) is 4.90 Å². The van der Waals surface area contributed by atoms with Crippen molar-refractivity contribution in [3.63, 3.8) is 0 Å². The summed E-state index contributed by atoms with van der Waals surface area (Å²) in [4.78, 5) is 5.07. The molecule has 11 heteroatoms. The van der Waals surface area contributed by atoms with Gasteiger partial charge in [0.2, 0.25) is 0 Å². The Kier molecular flexibility index (Phi) is 14.3. The predicted molar refractivity (Wildman–Crippen MR) is 157 cm³/mol. The standard InChI is InChI=1S/C21H24N2.C10H14.ClH.F6P.Ru/c1-22-11-6-12-23(14-13-22)16-21-19-9-4-2-7-17(19)15-18-8-3-5-10-20(18)21;1-8(2)10-6-4-9(3)5-7-10;;1-7(2,3,4,5)6;/h2-5,7-10,15H,6,11-14,16H2,1H3;4-8H,1-3H3;1H;;/q;;;-1;+3/p-1. The smallest absolute Gasteiger partial charge is 1.00 e. The Hall–Kier alpha value is -0.977. The first kappa shape index (κ1) is 39.0. The summed E-state index contributed by atoms with van der Waals surface area (Å²) in [6.07, 6.45) is 9.98. The van der Waals surface area contributed by atoms with Gasteiger partial charge in [-0.15, -0.1) is 0 Å². The normalized spacial score (nSPS) is 19.2. The summed E-state index contributed by atoms with van der Waals surface area (Å²) < 4.78 is 59.2. The fourth-order valence-electron chi connectivity index (χ4n) is 4.71. The average Bonchev–Trinajstić information content (AvgIpc) is 3.06. The zero-order valence-corrected chi connectivity index (χ0v) is 27.6. The van der Waals surface area contributed by atoms with E-state index in [0.29, 0.717) is 5.92 Å². The van der Waals surface area contributed by atoms with Crippen molar-refractivity contribution in [1.82, 2.24) is 9.80 Å². The average molecular weight is 720 g/mol. The molecule has 0 N–H and O–H groups in total. The summed E-state index contributed by atoms with van der Waals surface area (Å²) in [7, 11) is -8.42. The Morgan fingerprint density at radius 1 is 0.738 bits per heavy atom. The van der Waals surface area contributed by atoms with Crippen LogP contribution in [0.5, 0.6) is 0 Å². The molecule has 2 aliphatic rings. The van der Waals surface area contributed by atoms with Crippen LogP contribution < -0.4 is 12.4 Å². The number of hydrogen-bond donors (Lipinski definition) is 0. The van der Waals surface area contributed by atoms with Crippen LogP contribution in [0, 0.1) is 43.4 Å². The maximum absolute atomic E-state index is 10.7. The van der Waals surface area contributed by atoms with Gasteiger partial charge in [0, 0.05) is 19.6 Å². The molecule has 0 spiro atoms. The summed E-state index contributed by atoms with van der Waals surface area (Å²) in [5, 5.41) is 5.52. The second-order valence-corrected chi connectivity index (χ2v) is 12.7. The summed E-state index contributed by atoms with van der Waals surface area (Å²) in [5.74, 6) is 3.41. The predicted octanol–water partition coefficient (Wildman–Crippen LogP) is 7.16. The van der Waals surface area contributed by atoms with Crippen LogP contribution in [-0.2, 0) is 26.0 Å². The van der Waals surface area contributed by atoms with Crippen LogP contribution in [0.1, 0.15) is 32.8 Å². The molecule has 3 aromatic carbocycles. The maximum Gasteiger partial charge on any atom is 3.00 e. The summed E-state index contributed by atoms with van der Waals surface area (Å²) in [5.41, 5.74) is 1.49. The van der Waals surface area contributed by atoms with Crippen molar-refractivity contribution in [1.29, 1.82) is 0 Å². The first-order chi connectivity index (χ1) is 18.5. The Balaban J connectivity index is 0.000000389. The Labute approximate surface area is 266 Å². The summed E-state index contributed by atoms with van der Waals surface area (Å²) >= 11 is 0. The van der Waals surface area contributed by atoms with Crippen LogP contribution in [0.15, 0.2) is 54.6 Å². The van der Waals surface area contributed by atoms with E-state index >= 15 is 0 Å². The molecule has 233 valence electrons. The minimum absolute atomic E-state index is 0. The Morgan fingerprint density at radius 3 is 1.69 bits per heavy atom. The number of benzene rings is 3. The molecule has 7 radical (unpaired) electrons. The molecule has 2 fully saturated rings. The van der Waals surface area contributed by atoms with Crippen LogP contribution in [0.3, 0.4) is 0 Å². The minimum atomic E-state index is -10.7. The monoisotopic (exact) mass is 720 g/mol. The van der Waals surface area contributed by atoms with Crippen LogP contribution in [0.4, 0.5) is 25.2 Å². The number of fused-ring (bicyclic) bond motifs is 2. The van der Waals surface area contributed by atoms with E-state index < -0.39 is 7.81 Å². The van der Waals surface area contributed by atoms with Crippen molar-refractivity contribution in [2.24, 2.45) is 5.92 Å². The van der Waals surface area contributed by atoms with Crippen LogP contribution >= 0.6 is 7.81 Å². The molecule has 2 nitrogen and oxygen atoms in total. The number of rotatable bonds is 3. The van der Waals surface area contributed by atoms with Gasteiger partial charge >= 0.3 is 52.5 Å². The third kappa shape index (κ3) is 14.7. The molecule has 42 heavy (non-hydrogen) atoms. The van der Waals surface area contributed by atoms with Crippen molar-refractivity contribution in [2.75, 3.05) is 33.2 Å². The van der Waals surface area contributed by atoms with Gasteiger partial charge in [-0.25, -0.2) is 0 Å². The largest absolute Gasteiger partial charge is 3.00 e. The molecular weight excluding hydrogens is 682 g/mol. The van der Waals surface area contributed by atoms with Crippen LogP contribution in [-0.4, -0.2) is 43.0 Å². The first-order valence-corrected chi connectivity index (χ1v) is 15.4. The fourth-order valence-corrected chi connectivity index (χ4v) is 4.71. The Morgan fingerprint density at radius 2 is 1.21 bits per heavy atom. The Bertz CT molecular complexity index is 1190. The second-order valence-electron chi connectivity index (χ2n) is 10.8. The topological polar surface area (TPSA) is 6.48 Å². The summed E-state index contributed by atoms with van der Waals surface area (Å²) in [6, 6.07) is 20.0. The van der Waals surface area contributed by atoms with E-state index in [9.17, 15) is 25.2 Å². The van der Waals surface area contributed by atoms with Gasteiger partial charge in [0.15, 0.2) is 0 Å². The molecule has 0 atom stereocenters. The third-order valence-corrected chi connectivity index (χ3v) is 6.82. The molecule has 0 unspecified atom stereocenters. The van der Waals surface area contributed by atoms with Crippen molar-refractivity contribution < 1.29 is 57.1 Å². The van der Waals surface area contributed by atoms with E-state index in [1.165, 1.54) is 65.0 Å². The molecule has 0 aromatic heterocycles. The molecule has 1 saturated carbocycles. The maximum atomic E-state index is 9.87. The number of nitrogens with zero attached hydrogens (tertiary/aromatic N) is 2. The van der Waals surface area contributed by atoms with E-state index in [1.54, 1.807) is 0 Å². The molecule has 1 heterocycles. The van der Waals surface area contributed by atoms with Gasteiger partial charge in [-0.05, 0) is 103 Å². The minimum Gasteiger partial charge on any atom is -1.00 e. The van der Waals surface area contributed by atoms with Crippen molar-refractivity contribution in [2.45, 2.75) is 33.7 Å². The molecule has 1 aliphatic heterocycles. The van der Waals surface area contributed by atoms with E-state index in [1.807, 2.05) is 0 Å². The van der Waals surface area contributed by atoms with Crippen LogP contribution in [0.2, 0.25) is 0 Å². The molecular formula is C31H38ClF6N2PRu+. The number of halogens is 7. The quantitative estimate of drug-likeness (QED) is 0.123. The molecule has 0 amide bonds. The van der Waals surface area contributed by atoms with E-state index in [-0.39, 0.29) is 31.9 Å². The van der Waals surface area contributed by atoms with Gasteiger partial charge in [0.05, 0.1) is 0 Å². The number of likely N-dealkylation sites (N-methyl/N-ethyl adjacent to an activating group) is 1. The van der Waals surface area contributed by atoms with Crippen molar-refractivity contribution in [3.05, 3.63) is 97.7 Å². The molecule has 1 saturated heterocycles. The zero-order valence-electron chi connectivity index (χ0n) is 24.2. The molecule has 0 bridgehead atoms. The first-order valence-electron chi connectivity index (χ1n) is 13.4. The van der Waals surface area contributed by atoms with Gasteiger partial charge in [-0.2, -0.15) is 0 Å². The molecule has 1 aliphatic carbocycles. The third-order valence-electron chi connectivity index (χ3n) is 6.82. The van der Waals surface area contributed by atoms with E-state index in [4.69, 9.17) is 0 Å². The van der Waals surface area contributed by atoms with Gasteiger partial charge in [0.1, 0.15) is 0 Å².